The average Bonchev–Trinajstić information content (AvgIpc) is 2.91. The third-order valence-electron chi connectivity index (χ3n) is 6.97. The summed E-state index contributed by atoms with van der Waals surface area (Å²) < 4.78 is 5.53. The van der Waals surface area contributed by atoms with Crippen molar-refractivity contribution in [2.75, 3.05) is 37.1 Å². The summed E-state index contributed by atoms with van der Waals surface area (Å²) in [6.45, 7) is 3.57. The van der Waals surface area contributed by atoms with Crippen LogP contribution < -0.4 is 9.80 Å². The Morgan fingerprint density at radius 3 is 2.14 bits per heavy atom. The molecule has 0 bridgehead atoms. The Bertz CT molecular complexity index is 1260. The third-order valence-corrected chi connectivity index (χ3v) is 6.97. The molecule has 0 aliphatic carbocycles. The van der Waals surface area contributed by atoms with E-state index >= 15 is 0 Å². The molecule has 37 heavy (non-hydrogen) atoms. The van der Waals surface area contributed by atoms with Crippen molar-refractivity contribution in [3.05, 3.63) is 90.0 Å². The Kier molecular flexibility index (Phi) is 8.09. The molecule has 0 aromatic heterocycles. The monoisotopic (exact) mass is 498 g/mol. The van der Waals surface area contributed by atoms with E-state index in [4.69, 9.17) is 9.84 Å². The van der Waals surface area contributed by atoms with Crippen LogP contribution in [0.25, 0.3) is 17.2 Å². The van der Waals surface area contributed by atoms with Crippen LogP contribution in [0.2, 0.25) is 0 Å². The molecule has 192 valence electrons. The number of benzene rings is 3. The lowest BCUT2D eigenvalue weighted by atomic mass is 9.80. The standard InChI is InChI=1S/C31H34N2O4/c1-31(17-19-37-20-18-31)30(36)33(28-6-4-5-23(21-28)9-16-29(34)35)22-24-7-10-25(11-8-24)26-12-14-27(15-13-26)32(2)3/h4-16,21H,17-20,22H2,1-3H3,(H,34,35). The Labute approximate surface area is 218 Å². The van der Waals surface area contributed by atoms with Crippen LogP contribution in [0.5, 0.6) is 0 Å². The highest BCUT2D eigenvalue weighted by atomic mass is 16.5. The first-order valence-corrected chi connectivity index (χ1v) is 12.5. The van der Waals surface area contributed by atoms with Crippen molar-refractivity contribution >= 4 is 29.3 Å². The van der Waals surface area contributed by atoms with Gasteiger partial charge in [-0.25, -0.2) is 4.79 Å². The van der Waals surface area contributed by atoms with E-state index in [-0.39, 0.29) is 5.91 Å². The first kappa shape index (κ1) is 26.2. The van der Waals surface area contributed by atoms with Gasteiger partial charge in [0.1, 0.15) is 0 Å². The van der Waals surface area contributed by atoms with Crippen molar-refractivity contribution in [1.29, 1.82) is 0 Å². The zero-order valence-electron chi connectivity index (χ0n) is 21.7. The molecule has 1 N–H and O–H groups in total. The molecule has 3 aromatic carbocycles. The average molecular weight is 499 g/mol. The maximum Gasteiger partial charge on any atom is 0.328 e. The number of hydrogen-bond donors (Lipinski definition) is 1. The van der Waals surface area contributed by atoms with Crippen LogP contribution in [-0.4, -0.2) is 44.3 Å². The van der Waals surface area contributed by atoms with E-state index in [2.05, 4.69) is 53.4 Å². The van der Waals surface area contributed by atoms with Crippen LogP contribution in [0.4, 0.5) is 11.4 Å². The van der Waals surface area contributed by atoms with Gasteiger partial charge in [0.05, 0.1) is 12.0 Å². The molecule has 6 nitrogen and oxygen atoms in total. The molecule has 6 heteroatoms. The summed E-state index contributed by atoms with van der Waals surface area (Å²) >= 11 is 0. The summed E-state index contributed by atoms with van der Waals surface area (Å²) in [6, 6.07) is 24.2. The van der Waals surface area contributed by atoms with Gasteiger partial charge >= 0.3 is 5.97 Å². The van der Waals surface area contributed by atoms with Crippen molar-refractivity contribution in [1.82, 2.24) is 0 Å². The summed E-state index contributed by atoms with van der Waals surface area (Å²) in [5.74, 6) is -0.956. The second-order valence-electron chi connectivity index (χ2n) is 9.97. The number of carboxylic acids is 1. The number of carbonyl (C=O) groups excluding carboxylic acids is 1. The molecule has 0 unspecified atom stereocenters. The molecule has 1 fully saturated rings. The second-order valence-corrected chi connectivity index (χ2v) is 9.97. The largest absolute Gasteiger partial charge is 0.478 e. The van der Waals surface area contributed by atoms with Crippen molar-refractivity contribution in [2.24, 2.45) is 5.41 Å². The first-order valence-electron chi connectivity index (χ1n) is 12.5. The number of hydrogen-bond acceptors (Lipinski definition) is 4. The molecular formula is C31H34N2O4. The number of ether oxygens (including phenoxy) is 1. The predicted octanol–water partition coefficient (Wildman–Crippen LogP) is 5.87. The topological polar surface area (TPSA) is 70.1 Å². The maximum absolute atomic E-state index is 13.9. The Morgan fingerprint density at radius 2 is 1.54 bits per heavy atom. The van der Waals surface area contributed by atoms with Gasteiger partial charge in [0.25, 0.3) is 0 Å². The van der Waals surface area contributed by atoms with E-state index in [0.717, 1.165) is 39.7 Å². The zero-order valence-corrected chi connectivity index (χ0v) is 21.7. The SMILES string of the molecule is CN(C)c1ccc(-c2ccc(CN(C(=O)C3(C)CCOCC3)c3cccc(C=CC(=O)O)c3)cc2)cc1. The molecular weight excluding hydrogens is 464 g/mol. The van der Waals surface area contributed by atoms with Crippen molar-refractivity contribution in [3.63, 3.8) is 0 Å². The summed E-state index contributed by atoms with van der Waals surface area (Å²) in [7, 11) is 4.05. The lowest BCUT2D eigenvalue weighted by Crippen LogP contribution is -2.45. The molecule has 1 saturated heterocycles. The Hall–Kier alpha value is -3.90. The lowest BCUT2D eigenvalue weighted by molar-refractivity contribution is -0.132. The van der Waals surface area contributed by atoms with Crippen LogP contribution >= 0.6 is 0 Å². The summed E-state index contributed by atoms with van der Waals surface area (Å²) in [5.41, 5.74) is 5.38. The van der Waals surface area contributed by atoms with Crippen LogP contribution in [0, 0.1) is 5.41 Å². The highest BCUT2D eigenvalue weighted by Crippen LogP contribution is 2.35. The Morgan fingerprint density at radius 1 is 0.919 bits per heavy atom. The summed E-state index contributed by atoms with van der Waals surface area (Å²) in [4.78, 5) is 28.8. The second kappa shape index (κ2) is 11.4. The number of rotatable bonds is 8. The molecule has 0 radical (unpaired) electrons. The molecule has 1 aliphatic rings. The summed E-state index contributed by atoms with van der Waals surface area (Å²) in [5, 5.41) is 9.02. The number of nitrogens with zero attached hydrogens (tertiary/aromatic N) is 2. The van der Waals surface area contributed by atoms with Crippen LogP contribution in [0.15, 0.2) is 78.9 Å². The normalized spacial score (nSPS) is 14.9. The van der Waals surface area contributed by atoms with Gasteiger partial charge in [0, 0.05) is 44.8 Å². The van der Waals surface area contributed by atoms with Gasteiger partial charge in [0.15, 0.2) is 0 Å². The molecule has 1 aliphatic heterocycles. The zero-order chi connectivity index (χ0) is 26.4. The van der Waals surface area contributed by atoms with Gasteiger partial charge in [-0.1, -0.05) is 55.5 Å². The van der Waals surface area contributed by atoms with E-state index in [1.54, 1.807) is 6.08 Å². The number of amides is 1. The highest BCUT2D eigenvalue weighted by molar-refractivity contribution is 5.97. The fourth-order valence-corrected chi connectivity index (χ4v) is 4.54. The molecule has 0 saturated carbocycles. The van der Waals surface area contributed by atoms with Gasteiger partial charge in [-0.2, -0.15) is 0 Å². The van der Waals surface area contributed by atoms with Gasteiger partial charge in [-0.15, -0.1) is 0 Å². The molecule has 3 aromatic rings. The first-order chi connectivity index (χ1) is 17.7. The number of aliphatic carboxylic acids is 1. The lowest BCUT2D eigenvalue weighted by Gasteiger charge is -2.37. The number of carboxylic acid groups (broad SMARTS) is 1. The molecule has 0 atom stereocenters. The number of anilines is 2. The molecule has 1 heterocycles. The number of carbonyl (C=O) groups is 2. The van der Waals surface area contributed by atoms with Gasteiger partial charge < -0.3 is 19.6 Å². The third kappa shape index (κ3) is 6.46. The Balaban J connectivity index is 1.62. The fraction of sp³-hybridized carbons (Fsp3) is 0.290. The maximum atomic E-state index is 13.9. The van der Waals surface area contributed by atoms with Crippen molar-refractivity contribution in [3.8, 4) is 11.1 Å². The van der Waals surface area contributed by atoms with Crippen molar-refractivity contribution < 1.29 is 19.4 Å². The quantitative estimate of drug-likeness (QED) is 0.394. The molecule has 1 amide bonds. The van der Waals surface area contributed by atoms with Crippen LogP contribution in [0.3, 0.4) is 0 Å². The van der Waals surface area contributed by atoms with E-state index in [1.807, 2.05) is 50.2 Å². The smallest absolute Gasteiger partial charge is 0.328 e. The minimum Gasteiger partial charge on any atom is -0.478 e. The highest BCUT2D eigenvalue weighted by Gasteiger charge is 2.38. The van der Waals surface area contributed by atoms with Gasteiger partial charge in [-0.3, -0.25) is 4.79 Å². The predicted molar refractivity (Wildman–Crippen MR) is 149 cm³/mol. The molecule has 4 rings (SSSR count). The van der Waals surface area contributed by atoms with E-state index in [1.165, 1.54) is 0 Å². The van der Waals surface area contributed by atoms with E-state index < -0.39 is 11.4 Å². The van der Waals surface area contributed by atoms with E-state index in [0.29, 0.717) is 32.6 Å². The van der Waals surface area contributed by atoms with Crippen molar-refractivity contribution in [2.45, 2.75) is 26.3 Å². The van der Waals surface area contributed by atoms with E-state index in [9.17, 15) is 9.59 Å². The minimum absolute atomic E-state index is 0.0542. The fourth-order valence-electron chi connectivity index (χ4n) is 4.54. The van der Waals surface area contributed by atoms with Crippen LogP contribution in [-0.2, 0) is 20.9 Å². The minimum atomic E-state index is -1.01. The summed E-state index contributed by atoms with van der Waals surface area (Å²) in [6.07, 6.45) is 3.99. The molecule has 0 spiro atoms. The van der Waals surface area contributed by atoms with Crippen LogP contribution in [0.1, 0.15) is 30.9 Å². The van der Waals surface area contributed by atoms with Gasteiger partial charge in [0.2, 0.25) is 5.91 Å². The van der Waals surface area contributed by atoms with Gasteiger partial charge in [-0.05, 0) is 65.4 Å².